The number of phenolic OH excluding ortho intramolecular Hbond substituents is 1. The third kappa shape index (κ3) is 14.5. The van der Waals surface area contributed by atoms with Gasteiger partial charge in [0.25, 0.3) is 0 Å². The molecule has 47 heavy (non-hydrogen) atoms. The SMILES string of the molecule is CC(C)C[C@H](NC(=O)[C@H](Cc1ccc(O)cc1)NC(=O)[C@H](CCC(N)=O)NC(=O)[C@H](C)NC(=O)[C@H](C)NC(=O)[C@@H](N)[C@@H](C)O)C(=O)O. The molecule has 0 aliphatic heterocycles. The summed E-state index contributed by atoms with van der Waals surface area (Å²) in [7, 11) is 0. The van der Waals surface area contributed by atoms with E-state index in [1.54, 1.807) is 13.8 Å². The minimum absolute atomic E-state index is 0.0443. The number of carboxylic acids is 1. The molecule has 0 aromatic heterocycles. The zero-order chi connectivity index (χ0) is 36.0. The summed E-state index contributed by atoms with van der Waals surface area (Å²) in [5, 5.41) is 40.8. The quantitative estimate of drug-likeness (QED) is 0.0737. The maximum absolute atomic E-state index is 13.5. The molecule has 1 aromatic rings. The molecule has 0 spiro atoms. The van der Waals surface area contributed by atoms with Crippen molar-refractivity contribution in [3.8, 4) is 5.75 Å². The third-order valence-corrected chi connectivity index (χ3v) is 6.97. The first kappa shape index (κ1) is 40.3. The number of hydrogen-bond donors (Lipinski definition) is 10. The number of amides is 6. The number of benzene rings is 1. The molecule has 17 heteroatoms. The van der Waals surface area contributed by atoms with Crippen LogP contribution in [-0.2, 0) is 40.0 Å². The molecule has 6 amide bonds. The molecular formula is C30H47N7O10. The van der Waals surface area contributed by atoms with Gasteiger partial charge in [-0.25, -0.2) is 4.79 Å². The van der Waals surface area contributed by atoms with Gasteiger partial charge in [0, 0.05) is 12.8 Å². The molecule has 0 aliphatic rings. The van der Waals surface area contributed by atoms with Crippen LogP contribution in [0.5, 0.6) is 5.75 Å². The van der Waals surface area contributed by atoms with Crippen LogP contribution in [0.3, 0.4) is 0 Å². The molecule has 0 saturated carbocycles. The van der Waals surface area contributed by atoms with Gasteiger partial charge in [-0.05, 0) is 57.2 Å². The van der Waals surface area contributed by atoms with Gasteiger partial charge in [-0.1, -0.05) is 26.0 Å². The number of carbonyl (C=O) groups is 7. The van der Waals surface area contributed by atoms with Gasteiger partial charge in [0.05, 0.1) is 6.10 Å². The van der Waals surface area contributed by atoms with Gasteiger partial charge >= 0.3 is 5.97 Å². The number of nitrogens with one attached hydrogen (secondary N) is 5. The Kier molecular flexibility index (Phi) is 16.3. The average molecular weight is 666 g/mol. The molecule has 1 rings (SSSR count). The minimum Gasteiger partial charge on any atom is -0.508 e. The van der Waals surface area contributed by atoms with Crippen molar-refractivity contribution >= 4 is 41.4 Å². The van der Waals surface area contributed by atoms with Gasteiger partial charge in [-0.3, -0.25) is 28.8 Å². The number of primary amides is 1. The number of carboxylic acid groups (broad SMARTS) is 1. The molecule has 12 N–H and O–H groups in total. The molecule has 7 atom stereocenters. The Hall–Kier alpha value is -4.77. The second-order valence-corrected chi connectivity index (χ2v) is 11.8. The molecule has 0 saturated heterocycles. The molecule has 17 nitrogen and oxygen atoms in total. The van der Waals surface area contributed by atoms with E-state index in [9.17, 15) is 48.9 Å². The van der Waals surface area contributed by atoms with Crippen LogP contribution in [0.2, 0.25) is 0 Å². The van der Waals surface area contributed by atoms with E-state index < -0.39 is 83.8 Å². The van der Waals surface area contributed by atoms with Gasteiger partial charge in [-0.2, -0.15) is 0 Å². The normalized spacial score (nSPS) is 15.5. The van der Waals surface area contributed by atoms with Crippen molar-refractivity contribution < 1.29 is 48.9 Å². The number of hydrogen-bond acceptors (Lipinski definition) is 10. The predicted octanol–water partition coefficient (Wildman–Crippen LogP) is -2.50. The molecule has 0 unspecified atom stereocenters. The Bertz CT molecular complexity index is 1270. The van der Waals surface area contributed by atoms with Crippen LogP contribution in [-0.4, -0.2) is 99.1 Å². The Morgan fingerprint density at radius 3 is 1.66 bits per heavy atom. The number of carbonyl (C=O) groups excluding carboxylic acids is 6. The predicted molar refractivity (Wildman–Crippen MR) is 168 cm³/mol. The van der Waals surface area contributed by atoms with Gasteiger partial charge in [0.1, 0.15) is 42.0 Å². The Labute approximate surface area is 272 Å². The summed E-state index contributed by atoms with van der Waals surface area (Å²) in [5.74, 6) is -6.35. The third-order valence-electron chi connectivity index (χ3n) is 6.97. The fourth-order valence-electron chi connectivity index (χ4n) is 4.16. The Balaban J connectivity index is 3.14. The number of aliphatic hydroxyl groups is 1. The van der Waals surface area contributed by atoms with E-state index in [1.165, 1.54) is 45.0 Å². The van der Waals surface area contributed by atoms with Crippen molar-refractivity contribution in [2.75, 3.05) is 0 Å². The first-order chi connectivity index (χ1) is 21.8. The maximum atomic E-state index is 13.5. The lowest BCUT2D eigenvalue weighted by atomic mass is 10.0. The van der Waals surface area contributed by atoms with E-state index in [-0.39, 0.29) is 37.4 Å². The standard InChI is InChI=1S/C30H47N7O10/c1-14(2)12-22(30(46)47)37-28(44)21(13-18-6-8-19(39)9-7-18)36-27(43)20(10-11-23(31)40)35-26(42)16(4)33-25(41)15(3)34-29(45)24(32)17(5)38/h6-9,14-17,20-22,24,38-39H,10-13,32H2,1-5H3,(H2,31,40)(H,33,41)(H,34,45)(H,35,42)(H,36,43)(H,37,44)(H,46,47)/t15-,16-,17+,20-,21-,22-,24-/m0/s1. The monoisotopic (exact) mass is 665 g/mol. The van der Waals surface area contributed by atoms with Crippen molar-refractivity contribution in [3.63, 3.8) is 0 Å². The summed E-state index contributed by atoms with van der Waals surface area (Å²) in [6.45, 7) is 7.47. The fourth-order valence-corrected chi connectivity index (χ4v) is 4.16. The summed E-state index contributed by atoms with van der Waals surface area (Å²) in [6.07, 6.45) is -1.82. The maximum Gasteiger partial charge on any atom is 0.326 e. The highest BCUT2D eigenvalue weighted by atomic mass is 16.4. The van der Waals surface area contributed by atoms with Crippen molar-refractivity contribution in [1.82, 2.24) is 26.6 Å². The number of nitrogens with two attached hydrogens (primary N) is 2. The molecule has 0 radical (unpaired) electrons. The lowest BCUT2D eigenvalue weighted by molar-refractivity contribution is -0.142. The van der Waals surface area contributed by atoms with Crippen LogP contribution >= 0.6 is 0 Å². The van der Waals surface area contributed by atoms with E-state index >= 15 is 0 Å². The van der Waals surface area contributed by atoms with Crippen LogP contribution in [0.25, 0.3) is 0 Å². The Morgan fingerprint density at radius 1 is 0.702 bits per heavy atom. The van der Waals surface area contributed by atoms with E-state index in [4.69, 9.17) is 11.5 Å². The van der Waals surface area contributed by atoms with Crippen LogP contribution in [0, 0.1) is 5.92 Å². The largest absolute Gasteiger partial charge is 0.508 e. The zero-order valence-corrected chi connectivity index (χ0v) is 27.1. The number of aliphatic carboxylic acids is 1. The highest BCUT2D eigenvalue weighted by molar-refractivity contribution is 5.96. The van der Waals surface area contributed by atoms with Crippen molar-refractivity contribution in [2.45, 2.75) is 103 Å². The molecule has 262 valence electrons. The average Bonchev–Trinajstić information content (AvgIpc) is 2.98. The van der Waals surface area contributed by atoms with Crippen LogP contribution in [0.4, 0.5) is 0 Å². The summed E-state index contributed by atoms with van der Waals surface area (Å²) in [6, 6.07) is -1.98. The van der Waals surface area contributed by atoms with Crippen LogP contribution in [0.15, 0.2) is 24.3 Å². The van der Waals surface area contributed by atoms with Crippen molar-refractivity contribution in [3.05, 3.63) is 29.8 Å². The molecule has 0 fully saturated rings. The van der Waals surface area contributed by atoms with Gasteiger partial charge in [0.2, 0.25) is 35.4 Å². The number of phenols is 1. The van der Waals surface area contributed by atoms with Crippen molar-refractivity contribution in [1.29, 1.82) is 0 Å². The first-order valence-corrected chi connectivity index (χ1v) is 15.1. The summed E-state index contributed by atoms with van der Waals surface area (Å²) in [4.78, 5) is 87.8. The Morgan fingerprint density at radius 2 is 1.17 bits per heavy atom. The van der Waals surface area contributed by atoms with Gasteiger partial charge in [-0.15, -0.1) is 0 Å². The molecule has 0 aliphatic carbocycles. The number of rotatable bonds is 19. The van der Waals surface area contributed by atoms with E-state index in [0.717, 1.165) is 0 Å². The van der Waals surface area contributed by atoms with Gasteiger partial charge in [0.15, 0.2) is 0 Å². The smallest absolute Gasteiger partial charge is 0.326 e. The van der Waals surface area contributed by atoms with E-state index in [1.807, 2.05) is 0 Å². The molecule has 0 heterocycles. The molecule has 0 bridgehead atoms. The highest BCUT2D eigenvalue weighted by Crippen LogP contribution is 2.13. The molecular weight excluding hydrogens is 618 g/mol. The second-order valence-electron chi connectivity index (χ2n) is 11.8. The highest BCUT2D eigenvalue weighted by Gasteiger charge is 2.32. The topological polar surface area (TPSA) is 292 Å². The zero-order valence-electron chi connectivity index (χ0n) is 27.1. The summed E-state index contributed by atoms with van der Waals surface area (Å²) < 4.78 is 0. The number of aromatic hydroxyl groups is 1. The summed E-state index contributed by atoms with van der Waals surface area (Å²) >= 11 is 0. The molecule has 1 aromatic carbocycles. The van der Waals surface area contributed by atoms with E-state index in [0.29, 0.717) is 5.56 Å². The summed E-state index contributed by atoms with van der Waals surface area (Å²) in [5.41, 5.74) is 11.3. The van der Waals surface area contributed by atoms with Crippen molar-refractivity contribution in [2.24, 2.45) is 17.4 Å². The lowest BCUT2D eigenvalue weighted by Crippen LogP contribution is -2.59. The fraction of sp³-hybridized carbons (Fsp3) is 0.567. The van der Waals surface area contributed by atoms with Crippen LogP contribution in [0.1, 0.15) is 59.4 Å². The minimum atomic E-state index is -1.42. The van der Waals surface area contributed by atoms with Gasteiger partial charge < -0.3 is 53.4 Å². The van der Waals surface area contributed by atoms with E-state index in [2.05, 4.69) is 26.6 Å². The number of aliphatic hydroxyl groups excluding tert-OH is 1. The van der Waals surface area contributed by atoms with Crippen LogP contribution < -0.4 is 38.1 Å². The lowest BCUT2D eigenvalue weighted by Gasteiger charge is -2.26. The second kappa shape index (κ2) is 19.0. The first-order valence-electron chi connectivity index (χ1n) is 15.1.